The Morgan fingerprint density at radius 3 is 1.78 bits per heavy atom. The number of carbonyl (C=O) groups excluding carboxylic acids is 1. The Labute approximate surface area is 187 Å². The first kappa shape index (κ1) is 25.7. The topological polar surface area (TPSA) is 66.8 Å². The van der Waals surface area contributed by atoms with Gasteiger partial charge in [-0.2, -0.15) is 13.2 Å². The molecule has 4 nitrogen and oxygen atoms in total. The number of fused-ring (bicyclic) bond motifs is 1. The first-order valence-electron chi connectivity index (χ1n) is 10.3. The summed E-state index contributed by atoms with van der Waals surface area (Å²) >= 11 is 0. The monoisotopic (exact) mass is 452 g/mol. The van der Waals surface area contributed by atoms with Crippen LogP contribution in [-0.4, -0.2) is 22.4 Å². The molecule has 0 spiro atoms. The molecule has 1 unspecified atom stereocenters. The molecule has 0 radical (unpaired) electrons. The van der Waals surface area contributed by atoms with Crippen LogP contribution in [-0.2, 0) is 21.2 Å². The molecule has 0 saturated heterocycles. The van der Waals surface area contributed by atoms with Gasteiger partial charge in [-0.15, -0.1) is 0 Å². The van der Waals surface area contributed by atoms with E-state index in [1.165, 1.54) is 5.56 Å². The summed E-state index contributed by atoms with van der Waals surface area (Å²) in [6.45, 7) is 15.3. The van der Waals surface area contributed by atoms with E-state index in [0.29, 0.717) is 16.9 Å². The summed E-state index contributed by atoms with van der Waals surface area (Å²) in [6.07, 6.45) is -5.13. The zero-order chi connectivity index (χ0) is 24.9. The van der Waals surface area contributed by atoms with Gasteiger partial charge in [0.1, 0.15) is 11.5 Å². The van der Waals surface area contributed by atoms with E-state index in [1.807, 2.05) is 19.1 Å². The predicted molar refractivity (Wildman–Crippen MR) is 117 cm³/mol. The summed E-state index contributed by atoms with van der Waals surface area (Å²) in [6, 6.07) is 8.52. The molecule has 0 aliphatic carbocycles. The number of aromatic hydroxyl groups is 1. The molecule has 2 aromatic carbocycles. The average Bonchev–Trinajstić information content (AvgIpc) is 2.87. The fourth-order valence-electron chi connectivity index (χ4n) is 3.50. The summed E-state index contributed by atoms with van der Waals surface area (Å²) in [5, 5.41) is 19.4. The highest BCUT2D eigenvalue weighted by atomic mass is 19.4. The van der Waals surface area contributed by atoms with Crippen molar-refractivity contribution in [1.82, 2.24) is 0 Å². The van der Waals surface area contributed by atoms with Crippen molar-refractivity contribution in [3.05, 3.63) is 58.1 Å². The van der Waals surface area contributed by atoms with Crippen LogP contribution in [0.1, 0.15) is 69.4 Å². The molecule has 7 heteroatoms. The minimum absolute atomic E-state index is 0.0239. The van der Waals surface area contributed by atoms with Crippen molar-refractivity contribution in [3.63, 3.8) is 0 Å². The van der Waals surface area contributed by atoms with Gasteiger partial charge < -0.3 is 14.9 Å². The number of phenolic OH excluding ortho intramolecular Hbond substituents is 1. The van der Waals surface area contributed by atoms with Gasteiger partial charge in [0, 0.05) is 11.1 Å². The smallest absolute Gasteiger partial charge is 0.432 e. The van der Waals surface area contributed by atoms with Crippen LogP contribution >= 0.6 is 0 Å². The van der Waals surface area contributed by atoms with E-state index in [2.05, 4.69) is 20.8 Å². The van der Waals surface area contributed by atoms with Crippen molar-refractivity contribution < 1.29 is 32.9 Å². The minimum atomic E-state index is -5.13. The Kier molecular flexibility index (Phi) is 6.51. The quantitative estimate of drug-likeness (QED) is 0.382. The van der Waals surface area contributed by atoms with Gasteiger partial charge in [-0.25, -0.2) is 4.79 Å². The number of aryl methyl sites for hydroxylation is 2. The summed E-state index contributed by atoms with van der Waals surface area (Å²) in [5.41, 5.74) is -1.42. The molecule has 1 aliphatic rings. The number of esters is 1. The molecule has 176 valence electrons. The number of halogens is 3. The maximum Gasteiger partial charge on any atom is 0.432 e. The molecule has 2 aromatic rings. The Hall–Kier alpha value is -2.54. The second kappa shape index (κ2) is 8.10. The largest absolute Gasteiger partial charge is 0.508 e. The van der Waals surface area contributed by atoms with Crippen LogP contribution in [0.25, 0.3) is 0 Å². The Balaban J connectivity index is 0.000000258. The van der Waals surface area contributed by atoms with Gasteiger partial charge in [-0.1, -0.05) is 70.9 Å². The third kappa shape index (κ3) is 4.77. The van der Waals surface area contributed by atoms with Crippen molar-refractivity contribution in [2.24, 2.45) is 0 Å². The van der Waals surface area contributed by atoms with E-state index in [1.54, 1.807) is 39.8 Å². The second-order valence-electron chi connectivity index (χ2n) is 10.3. The number of alkyl halides is 3. The number of aliphatic hydroxyl groups is 1. The van der Waals surface area contributed by atoms with Crippen molar-refractivity contribution in [2.45, 2.75) is 78.0 Å². The molecule has 0 amide bonds. The fraction of sp³-hybridized carbons (Fsp3) is 0.480. The Morgan fingerprint density at radius 1 is 0.844 bits per heavy atom. The second-order valence-corrected chi connectivity index (χ2v) is 10.3. The zero-order valence-electron chi connectivity index (χ0n) is 19.7. The lowest BCUT2D eigenvalue weighted by atomic mass is 9.82. The van der Waals surface area contributed by atoms with Gasteiger partial charge in [-0.05, 0) is 42.4 Å². The Bertz CT molecular complexity index is 1030. The molecular formula is C25H31F3O4. The molecular weight excluding hydrogens is 421 g/mol. The van der Waals surface area contributed by atoms with Gasteiger partial charge in [0.25, 0.3) is 5.60 Å². The molecule has 1 heterocycles. The van der Waals surface area contributed by atoms with Crippen LogP contribution in [0.3, 0.4) is 0 Å². The Morgan fingerprint density at radius 2 is 1.34 bits per heavy atom. The van der Waals surface area contributed by atoms with Gasteiger partial charge in [0.05, 0.1) is 0 Å². The summed E-state index contributed by atoms with van der Waals surface area (Å²) in [7, 11) is 0. The normalized spacial score (nSPS) is 18.6. The van der Waals surface area contributed by atoms with Crippen LogP contribution in [0.15, 0.2) is 30.3 Å². The highest BCUT2D eigenvalue weighted by Gasteiger charge is 2.67. The number of carbonyl (C=O) groups is 1. The van der Waals surface area contributed by atoms with Gasteiger partial charge >= 0.3 is 12.1 Å². The lowest BCUT2D eigenvalue weighted by Crippen LogP contribution is -2.47. The molecule has 0 saturated carbocycles. The van der Waals surface area contributed by atoms with E-state index in [4.69, 9.17) is 4.74 Å². The molecule has 1 aliphatic heterocycles. The highest BCUT2D eigenvalue weighted by molar-refractivity contribution is 5.90. The van der Waals surface area contributed by atoms with Crippen LogP contribution in [0, 0.1) is 13.8 Å². The lowest BCUT2D eigenvalue weighted by Gasteiger charge is -2.24. The molecule has 0 aromatic heterocycles. The number of hydrogen-bond acceptors (Lipinski definition) is 4. The van der Waals surface area contributed by atoms with E-state index >= 15 is 0 Å². The van der Waals surface area contributed by atoms with E-state index in [-0.39, 0.29) is 11.2 Å². The zero-order valence-corrected chi connectivity index (χ0v) is 19.7. The van der Waals surface area contributed by atoms with Crippen LogP contribution in [0.4, 0.5) is 13.2 Å². The molecule has 0 fully saturated rings. The fourth-order valence-corrected chi connectivity index (χ4v) is 3.50. The molecule has 3 rings (SSSR count). The number of benzene rings is 2. The third-order valence-electron chi connectivity index (χ3n) is 5.29. The van der Waals surface area contributed by atoms with Crippen LogP contribution in [0.2, 0.25) is 0 Å². The van der Waals surface area contributed by atoms with Gasteiger partial charge in [0.15, 0.2) is 0 Å². The predicted octanol–water partition coefficient (Wildman–Crippen LogP) is 5.96. The number of hydrogen-bond donors (Lipinski definition) is 2. The van der Waals surface area contributed by atoms with Crippen molar-refractivity contribution in [2.75, 3.05) is 0 Å². The third-order valence-corrected chi connectivity index (χ3v) is 5.29. The van der Waals surface area contributed by atoms with Crippen molar-refractivity contribution in [1.29, 1.82) is 0 Å². The SMILES string of the molecule is Cc1cc(C(C)(C)C)c2c(c1)C(O)(C(F)(F)F)C(=O)O2.Cc1ccc(O)c(C(C)(C)C)c1. The number of ether oxygens (including phenoxy) is 1. The number of phenols is 1. The maximum absolute atomic E-state index is 13.1. The van der Waals surface area contributed by atoms with E-state index in [0.717, 1.165) is 11.6 Å². The standard InChI is InChI=1S/C14H15F3O3.C11H16O/c1-7-5-8(12(2,3)4)10-9(6-7)13(19,11(18)20-10)14(15,16)17;1-8-5-6-10(12)9(7-8)11(2,3)4/h5-6,19H,1-4H3;5-7,12H,1-4H3. The van der Waals surface area contributed by atoms with Crippen LogP contribution < -0.4 is 4.74 Å². The van der Waals surface area contributed by atoms with E-state index < -0.39 is 28.7 Å². The van der Waals surface area contributed by atoms with Gasteiger partial charge in [0.2, 0.25) is 0 Å². The van der Waals surface area contributed by atoms with Crippen molar-refractivity contribution >= 4 is 5.97 Å². The van der Waals surface area contributed by atoms with Crippen LogP contribution in [0.5, 0.6) is 11.5 Å². The number of rotatable bonds is 0. The molecule has 32 heavy (non-hydrogen) atoms. The first-order chi connectivity index (χ1) is 14.3. The summed E-state index contributed by atoms with van der Waals surface area (Å²) in [4.78, 5) is 11.6. The summed E-state index contributed by atoms with van der Waals surface area (Å²) < 4.78 is 44.0. The summed E-state index contributed by atoms with van der Waals surface area (Å²) in [5.74, 6) is -1.49. The molecule has 2 N–H and O–H groups in total. The first-order valence-corrected chi connectivity index (χ1v) is 10.3. The maximum atomic E-state index is 13.1. The van der Waals surface area contributed by atoms with Crippen molar-refractivity contribution in [3.8, 4) is 11.5 Å². The molecule has 1 atom stereocenters. The molecule has 0 bridgehead atoms. The highest BCUT2D eigenvalue weighted by Crippen LogP contribution is 2.51. The minimum Gasteiger partial charge on any atom is -0.508 e. The van der Waals surface area contributed by atoms with Gasteiger partial charge in [-0.3, -0.25) is 0 Å². The average molecular weight is 453 g/mol. The lowest BCUT2D eigenvalue weighted by molar-refractivity contribution is -0.258. The van der Waals surface area contributed by atoms with E-state index in [9.17, 15) is 28.2 Å².